The molecule has 0 aliphatic rings. The molecule has 0 heterocycles. The molecule has 0 amide bonds. The Balaban J connectivity index is 2.61. The topological polar surface area (TPSA) is 74.8 Å². The van der Waals surface area contributed by atoms with Gasteiger partial charge in [0.2, 0.25) is 0 Å². The van der Waals surface area contributed by atoms with Crippen LogP contribution in [-0.2, 0) is 6.42 Å². The van der Waals surface area contributed by atoms with Gasteiger partial charge >= 0.3 is 0 Å². The zero-order chi connectivity index (χ0) is 11.1. The Labute approximate surface area is 87.5 Å². The normalized spacial score (nSPS) is 14.0. The number of halogens is 1. The largest absolute Gasteiger partial charge is 0.327 e. The molecule has 1 aromatic rings. The van der Waals surface area contributed by atoms with E-state index in [-0.39, 0.29) is 0 Å². The van der Waals surface area contributed by atoms with Crippen LogP contribution in [0.1, 0.15) is 5.56 Å². The van der Waals surface area contributed by atoms with E-state index < -0.39 is 18.8 Å². The highest BCUT2D eigenvalue weighted by Gasteiger charge is 2.16. The highest BCUT2D eigenvalue weighted by molar-refractivity contribution is 5.16. The van der Waals surface area contributed by atoms with Gasteiger partial charge in [0.25, 0.3) is 0 Å². The lowest BCUT2D eigenvalue weighted by molar-refractivity contribution is 0.383. The fourth-order valence-corrected chi connectivity index (χ4v) is 1.32. The number of benzene rings is 1. The maximum absolute atomic E-state index is 12.5. The van der Waals surface area contributed by atoms with Gasteiger partial charge in [0.15, 0.2) is 0 Å². The number of nitrogens with zero attached hydrogens (tertiary/aromatic N) is 3. The summed E-state index contributed by atoms with van der Waals surface area (Å²) in [7, 11) is 0. The molecule has 0 spiro atoms. The van der Waals surface area contributed by atoms with Crippen molar-refractivity contribution in [3.8, 4) is 0 Å². The van der Waals surface area contributed by atoms with Crippen LogP contribution in [0.15, 0.2) is 35.4 Å². The molecule has 0 radical (unpaired) electrons. The zero-order valence-electron chi connectivity index (χ0n) is 8.25. The Morgan fingerprint density at radius 3 is 2.60 bits per heavy atom. The van der Waals surface area contributed by atoms with Crippen LogP contribution in [0.5, 0.6) is 0 Å². The van der Waals surface area contributed by atoms with E-state index >= 15 is 0 Å². The number of nitrogens with two attached hydrogens (primary N) is 1. The van der Waals surface area contributed by atoms with Crippen LogP contribution in [0.25, 0.3) is 10.4 Å². The molecule has 0 aliphatic carbocycles. The summed E-state index contributed by atoms with van der Waals surface area (Å²) in [6.07, 6.45) is 0.508. The average molecular weight is 208 g/mol. The predicted octanol–water partition coefficient (Wildman–Crippen LogP) is 2.20. The number of rotatable bonds is 5. The molecule has 0 saturated carbocycles. The van der Waals surface area contributed by atoms with Gasteiger partial charge < -0.3 is 5.73 Å². The van der Waals surface area contributed by atoms with Crippen LogP contribution in [-0.4, -0.2) is 18.8 Å². The molecule has 2 atom stereocenters. The second-order valence-corrected chi connectivity index (χ2v) is 3.28. The second kappa shape index (κ2) is 6.01. The number of alkyl halides is 1. The van der Waals surface area contributed by atoms with Gasteiger partial charge in [0.05, 0.1) is 12.7 Å². The monoisotopic (exact) mass is 208 g/mol. The van der Waals surface area contributed by atoms with E-state index in [0.717, 1.165) is 5.56 Å². The fourth-order valence-electron chi connectivity index (χ4n) is 1.32. The van der Waals surface area contributed by atoms with E-state index in [4.69, 9.17) is 11.3 Å². The molecule has 1 aromatic carbocycles. The summed E-state index contributed by atoms with van der Waals surface area (Å²) < 4.78 is 12.5. The first-order chi connectivity index (χ1) is 7.27. The van der Waals surface area contributed by atoms with Gasteiger partial charge in [-0.3, -0.25) is 4.39 Å². The lowest BCUT2D eigenvalue weighted by atomic mass is 10.0. The quantitative estimate of drug-likeness (QED) is 0.449. The molecule has 1 rings (SSSR count). The van der Waals surface area contributed by atoms with Gasteiger partial charge in [-0.05, 0) is 17.5 Å². The van der Waals surface area contributed by atoms with Gasteiger partial charge in [0, 0.05) is 11.0 Å². The SMILES string of the molecule is [N-]=[N+]=N[C@@H](CF)C(N)Cc1ccccc1. The van der Waals surface area contributed by atoms with Gasteiger partial charge in [-0.15, -0.1) is 0 Å². The van der Waals surface area contributed by atoms with Crippen molar-refractivity contribution in [3.05, 3.63) is 46.3 Å². The standard InChI is InChI=1S/C10H13FN4/c11-7-10(14-15-13)9(12)6-8-4-2-1-3-5-8/h1-5,9-10H,6-7,12H2/t9?,10-/m0/s1. The maximum Gasteiger partial charge on any atom is 0.0994 e. The summed E-state index contributed by atoms with van der Waals surface area (Å²) in [6.45, 7) is -0.724. The minimum absolute atomic E-state index is 0.478. The third kappa shape index (κ3) is 3.58. The summed E-state index contributed by atoms with van der Waals surface area (Å²) in [5.41, 5.74) is 15.0. The third-order valence-corrected chi connectivity index (χ3v) is 2.17. The predicted molar refractivity (Wildman–Crippen MR) is 57.0 cm³/mol. The van der Waals surface area contributed by atoms with Crippen molar-refractivity contribution < 1.29 is 4.39 Å². The highest BCUT2D eigenvalue weighted by atomic mass is 19.1. The number of hydrogen-bond donors (Lipinski definition) is 1. The molecule has 1 unspecified atom stereocenters. The lowest BCUT2D eigenvalue weighted by Crippen LogP contribution is -2.36. The van der Waals surface area contributed by atoms with Gasteiger partial charge in [-0.2, -0.15) is 0 Å². The molecule has 0 bridgehead atoms. The minimum Gasteiger partial charge on any atom is -0.327 e. The maximum atomic E-state index is 12.5. The summed E-state index contributed by atoms with van der Waals surface area (Å²) in [6, 6.07) is 8.23. The smallest absolute Gasteiger partial charge is 0.0994 e. The Hall–Kier alpha value is -1.58. The molecule has 5 heteroatoms. The van der Waals surface area contributed by atoms with Crippen LogP contribution in [0.3, 0.4) is 0 Å². The van der Waals surface area contributed by atoms with E-state index in [9.17, 15) is 4.39 Å². The van der Waals surface area contributed by atoms with Crippen molar-refractivity contribution in [2.45, 2.75) is 18.5 Å². The van der Waals surface area contributed by atoms with Crippen molar-refractivity contribution in [2.24, 2.45) is 10.8 Å². The van der Waals surface area contributed by atoms with Crippen LogP contribution >= 0.6 is 0 Å². The Morgan fingerprint density at radius 2 is 2.07 bits per heavy atom. The molecule has 2 N–H and O–H groups in total. The summed E-state index contributed by atoms with van der Waals surface area (Å²) in [5, 5.41) is 3.32. The van der Waals surface area contributed by atoms with E-state index in [1.54, 1.807) is 0 Å². The van der Waals surface area contributed by atoms with Crippen molar-refractivity contribution in [1.82, 2.24) is 0 Å². The van der Waals surface area contributed by atoms with E-state index in [0.29, 0.717) is 6.42 Å². The number of hydrogen-bond acceptors (Lipinski definition) is 2. The van der Waals surface area contributed by atoms with E-state index in [2.05, 4.69) is 10.0 Å². The molecular formula is C10H13FN4. The van der Waals surface area contributed by atoms with Crippen LogP contribution < -0.4 is 5.73 Å². The van der Waals surface area contributed by atoms with Crippen LogP contribution in [0.4, 0.5) is 4.39 Å². The van der Waals surface area contributed by atoms with Gasteiger partial charge in [0.1, 0.15) is 0 Å². The Morgan fingerprint density at radius 1 is 1.40 bits per heavy atom. The number of azide groups is 1. The molecule has 15 heavy (non-hydrogen) atoms. The van der Waals surface area contributed by atoms with Gasteiger partial charge in [-0.1, -0.05) is 35.4 Å². The van der Waals surface area contributed by atoms with Crippen molar-refractivity contribution in [2.75, 3.05) is 6.67 Å². The molecule has 80 valence electrons. The van der Waals surface area contributed by atoms with Gasteiger partial charge in [-0.25, -0.2) is 0 Å². The summed E-state index contributed by atoms with van der Waals surface area (Å²) in [4.78, 5) is 2.57. The Bertz CT molecular complexity index is 335. The third-order valence-electron chi connectivity index (χ3n) is 2.17. The lowest BCUT2D eigenvalue weighted by Gasteiger charge is -2.16. The van der Waals surface area contributed by atoms with Crippen LogP contribution in [0, 0.1) is 0 Å². The molecule has 4 nitrogen and oxygen atoms in total. The molecule has 0 aromatic heterocycles. The second-order valence-electron chi connectivity index (χ2n) is 3.28. The molecule has 0 aliphatic heterocycles. The van der Waals surface area contributed by atoms with Crippen molar-refractivity contribution in [3.63, 3.8) is 0 Å². The summed E-state index contributed by atoms with van der Waals surface area (Å²) in [5.74, 6) is 0. The van der Waals surface area contributed by atoms with Crippen LogP contribution in [0.2, 0.25) is 0 Å². The molecule has 0 saturated heterocycles. The van der Waals surface area contributed by atoms with E-state index in [1.165, 1.54) is 0 Å². The molecular weight excluding hydrogens is 195 g/mol. The highest BCUT2D eigenvalue weighted by Crippen LogP contribution is 2.07. The zero-order valence-corrected chi connectivity index (χ0v) is 8.25. The molecule has 0 fully saturated rings. The minimum atomic E-state index is -0.782. The fraction of sp³-hybridized carbons (Fsp3) is 0.400. The van der Waals surface area contributed by atoms with Crippen molar-refractivity contribution >= 4 is 0 Å². The first-order valence-electron chi connectivity index (χ1n) is 4.67. The average Bonchev–Trinajstić information content (AvgIpc) is 2.27. The van der Waals surface area contributed by atoms with Crippen molar-refractivity contribution in [1.29, 1.82) is 0 Å². The van der Waals surface area contributed by atoms with E-state index in [1.807, 2.05) is 30.3 Å². The first kappa shape index (κ1) is 11.5. The Kier molecular flexibility index (Phi) is 4.60. The first-order valence-corrected chi connectivity index (χ1v) is 4.67. The summed E-state index contributed by atoms with van der Waals surface area (Å²) >= 11 is 0.